The number of hydrogen-bond donors (Lipinski definition) is 1. The van der Waals surface area contributed by atoms with Crippen molar-refractivity contribution in [1.82, 2.24) is 0 Å². The minimum Gasteiger partial charge on any atom is -0.497 e. The Morgan fingerprint density at radius 2 is 1.62 bits per heavy atom. The highest BCUT2D eigenvalue weighted by molar-refractivity contribution is 6.03. The van der Waals surface area contributed by atoms with Crippen LogP contribution >= 0.6 is 0 Å². The summed E-state index contributed by atoms with van der Waals surface area (Å²) in [5.74, 6) is 3.11. The summed E-state index contributed by atoms with van der Waals surface area (Å²) >= 11 is 0. The zero-order chi connectivity index (χ0) is 25.8. The molecule has 1 aliphatic heterocycles. The molecule has 0 bridgehead atoms. The predicted octanol–water partition coefficient (Wildman–Crippen LogP) is 8.26. The van der Waals surface area contributed by atoms with E-state index in [2.05, 4.69) is 55.6 Å². The molecule has 2 amide bonds. The zero-order valence-corrected chi connectivity index (χ0v) is 22.2. The third-order valence-corrected chi connectivity index (χ3v) is 8.11. The summed E-state index contributed by atoms with van der Waals surface area (Å²) in [6.45, 7) is 4.92. The summed E-state index contributed by atoms with van der Waals surface area (Å²) in [7, 11) is 1.63. The Labute approximate surface area is 220 Å². The SMILES string of the molecule is CCC1CCC(c2ccc(-c3ccc4c(c3)OC(CC)CN4C(=O)Nc3ccc(OC)cc3)cc2)CC1. The van der Waals surface area contributed by atoms with E-state index in [1.54, 1.807) is 12.0 Å². The van der Waals surface area contributed by atoms with Gasteiger partial charge in [0.1, 0.15) is 17.6 Å². The number of nitrogens with one attached hydrogen (secondary N) is 1. The lowest BCUT2D eigenvalue weighted by Crippen LogP contribution is -2.45. The number of hydrogen-bond acceptors (Lipinski definition) is 3. The second-order valence-electron chi connectivity index (χ2n) is 10.3. The number of urea groups is 1. The first-order chi connectivity index (χ1) is 18.1. The molecular weight excluding hydrogens is 460 g/mol. The summed E-state index contributed by atoms with van der Waals surface area (Å²) in [5.41, 5.74) is 5.26. The number of ether oxygens (including phenoxy) is 2. The largest absolute Gasteiger partial charge is 0.497 e. The molecule has 3 aromatic carbocycles. The maximum absolute atomic E-state index is 13.3. The van der Waals surface area contributed by atoms with Crippen molar-refractivity contribution >= 4 is 17.4 Å². The number of nitrogens with zero attached hydrogens (tertiary/aromatic N) is 1. The molecule has 5 rings (SSSR count). The Balaban J connectivity index is 1.33. The van der Waals surface area contributed by atoms with Crippen LogP contribution in [0.3, 0.4) is 0 Å². The normalized spacial score (nSPS) is 21.1. The molecule has 1 saturated carbocycles. The second kappa shape index (κ2) is 11.3. The van der Waals surface area contributed by atoms with Crippen LogP contribution in [-0.4, -0.2) is 25.8 Å². The van der Waals surface area contributed by atoms with Crippen LogP contribution in [-0.2, 0) is 0 Å². The first-order valence-electron chi connectivity index (χ1n) is 13.7. The number of fused-ring (bicyclic) bond motifs is 1. The number of rotatable bonds is 6. The molecule has 1 N–H and O–H groups in total. The van der Waals surface area contributed by atoms with Crippen molar-refractivity contribution < 1.29 is 14.3 Å². The molecule has 1 aliphatic carbocycles. The molecule has 5 nitrogen and oxygen atoms in total. The zero-order valence-electron chi connectivity index (χ0n) is 22.2. The Kier molecular flexibility index (Phi) is 7.68. The molecule has 2 aliphatic rings. The van der Waals surface area contributed by atoms with Crippen LogP contribution in [0.15, 0.2) is 66.7 Å². The van der Waals surface area contributed by atoms with Crippen LogP contribution in [0, 0.1) is 5.92 Å². The predicted molar refractivity (Wildman–Crippen MR) is 151 cm³/mol. The van der Waals surface area contributed by atoms with Crippen LogP contribution in [0.5, 0.6) is 11.5 Å². The van der Waals surface area contributed by atoms with Crippen molar-refractivity contribution in [2.45, 2.75) is 64.4 Å². The molecular formula is C32H38N2O3. The number of amides is 2. The standard InChI is InChI=1S/C32H38N2O3/c1-4-22-6-8-23(9-7-22)24-10-12-25(13-11-24)26-14-19-30-31(20-26)37-28(5-2)21-34(30)32(35)33-27-15-17-29(36-3)18-16-27/h10-20,22-23,28H,4-9,21H2,1-3H3,(H,33,35). The second-order valence-corrected chi connectivity index (χ2v) is 10.3. The molecule has 0 saturated heterocycles. The van der Waals surface area contributed by atoms with Crippen molar-refractivity contribution in [3.8, 4) is 22.6 Å². The highest BCUT2D eigenvalue weighted by atomic mass is 16.5. The average Bonchev–Trinajstić information content (AvgIpc) is 2.96. The van der Waals surface area contributed by atoms with E-state index in [0.29, 0.717) is 12.5 Å². The third-order valence-electron chi connectivity index (χ3n) is 8.11. The summed E-state index contributed by atoms with van der Waals surface area (Å²) in [4.78, 5) is 15.0. The average molecular weight is 499 g/mol. The fraction of sp³-hybridized carbons (Fsp3) is 0.406. The number of carbonyl (C=O) groups excluding carboxylic acids is 1. The minimum absolute atomic E-state index is 0.0509. The van der Waals surface area contributed by atoms with Crippen LogP contribution < -0.4 is 19.7 Å². The van der Waals surface area contributed by atoms with Gasteiger partial charge in [0, 0.05) is 5.69 Å². The van der Waals surface area contributed by atoms with E-state index in [1.807, 2.05) is 30.3 Å². The highest BCUT2D eigenvalue weighted by Crippen LogP contribution is 2.40. The summed E-state index contributed by atoms with van der Waals surface area (Å²) < 4.78 is 11.5. The van der Waals surface area contributed by atoms with E-state index < -0.39 is 0 Å². The number of benzene rings is 3. The van der Waals surface area contributed by atoms with Crippen molar-refractivity contribution in [3.63, 3.8) is 0 Å². The van der Waals surface area contributed by atoms with E-state index in [9.17, 15) is 4.79 Å². The highest BCUT2D eigenvalue weighted by Gasteiger charge is 2.29. The quantitative estimate of drug-likeness (QED) is 0.372. The van der Waals surface area contributed by atoms with Crippen LogP contribution in [0.2, 0.25) is 0 Å². The summed E-state index contributed by atoms with van der Waals surface area (Å²) in [6.07, 6.45) is 7.40. The molecule has 37 heavy (non-hydrogen) atoms. The first kappa shape index (κ1) is 25.2. The van der Waals surface area contributed by atoms with Crippen molar-refractivity contribution in [2.75, 3.05) is 23.9 Å². The Hall–Kier alpha value is -3.47. The van der Waals surface area contributed by atoms with Gasteiger partial charge in [-0.25, -0.2) is 4.79 Å². The van der Waals surface area contributed by atoms with Gasteiger partial charge in [-0.2, -0.15) is 0 Å². The number of methoxy groups -OCH3 is 1. The van der Waals surface area contributed by atoms with Gasteiger partial charge in [0.25, 0.3) is 0 Å². The molecule has 5 heteroatoms. The van der Waals surface area contributed by atoms with Gasteiger partial charge in [-0.3, -0.25) is 4.90 Å². The minimum atomic E-state index is -0.164. The van der Waals surface area contributed by atoms with Crippen LogP contribution in [0.1, 0.15) is 63.9 Å². The molecule has 0 aromatic heterocycles. The van der Waals surface area contributed by atoms with Gasteiger partial charge in [-0.1, -0.05) is 50.6 Å². The van der Waals surface area contributed by atoms with E-state index in [4.69, 9.17) is 9.47 Å². The molecule has 1 atom stereocenters. The van der Waals surface area contributed by atoms with Gasteiger partial charge in [-0.15, -0.1) is 0 Å². The maximum Gasteiger partial charge on any atom is 0.326 e. The van der Waals surface area contributed by atoms with Gasteiger partial charge in [0.15, 0.2) is 0 Å². The first-order valence-corrected chi connectivity index (χ1v) is 13.7. The monoisotopic (exact) mass is 498 g/mol. The molecule has 1 unspecified atom stereocenters. The molecule has 0 radical (unpaired) electrons. The lowest BCUT2D eigenvalue weighted by atomic mass is 9.77. The number of carbonyl (C=O) groups is 1. The lowest BCUT2D eigenvalue weighted by Gasteiger charge is -2.35. The number of anilines is 2. The molecule has 1 fully saturated rings. The fourth-order valence-electron chi connectivity index (χ4n) is 5.65. The van der Waals surface area contributed by atoms with Gasteiger partial charge >= 0.3 is 6.03 Å². The summed E-state index contributed by atoms with van der Waals surface area (Å²) in [5, 5.41) is 3.01. The van der Waals surface area contributed by atoms with Gasteiger partial charge < -0.3 is 14.8 Å². The Morgan fingerprint density at radius 1 is 0.919 bits per heavy atom. The van der Waals surface area contributed by atoms with Gasteiger partial charge in [-0.05, 0) is 97.0 Å². The van der Waals surface area contributed by atoms with E-state index >= 15 is 0 Å². The van der Waals surface area contributed by atoms with Crippen LogP contribution in [0.25, 0.3) is 11.1 Å². The summed E-state index contributed by atoms with van der Waals surface area (Å²) in [6, 6.07) is 22.4. The van der Waals surface area contributed by atoms with Crippen molar-refractivity contribution in [3.05, 3.63) is 72.3 Å². The van der Waals surface area contributed by atoms with E-state index in [1.165, 1.54) is 43.2 Å². The Morgan fingerprint density at radius 3 is 2.27 bits per heavy atom. The van der Waals surface area contributed by atoms with Crippen molar-refractivity contribution in [2.24, 2.45) is 5.92 Å². The molecule has 194 valence electrons. The Bertz CT molecular complexity index is 1200. The van der Waals surface area contributed by atoms with E-state index in [-0.39, 0.29) is 12.1 Å². The maximum atomic E-state index is 13.3. The van der Waals surface area contributed by atoms with E-state index in [0.717, 1.165) is 40.8 Å². The third kappa shape index (κ3) is 5.61. The van der Waals surface area contributed by atoms with Crippen molar-refractivity contribution in [1.29, 1.82) is 0 Å². The molecule has 1 heterocycles. The molecule has 3 aromatic rings. The van der Waals surface area contributed by atoms with Gasteiger partial charge in [0.2, 0.25) is 0 Å². The molecule has 0 spiro atoms. The fourth-order valence-corrected chi connectivity index (χ4v) is 5.65. The lowest BCUT2D eigenvalue weighted by molar-refractivity contribution is 0.188. The van der Waals surface area contributed by atoms with Gasteiger partial charge in [0.05, 0.1) is 19.3 Å². The topological polar surface area (TPSA) is 50.8 Å². The van der Waals surface area contributed by atoms with Crippen LogP contribution in [0.4, 0.5) is 16.2 Å². The smallest absolute Gasteiger partial charge is 0.326 e.